The van der Waals surface area contributed by atoms with Crippen LogP contribution in [0.25, 0.3) is 0 Å². The van der Waals surface area contributed by atoms with Gasteiger partial charge in [-0.15, -0.1) is 0 Å². The Labute approximate surface area is 158 Å². The lowest BCUT2D eigenvalue weighted by atomic mass is 10.3. The van der Waals surface area contributed by atoms with Crippen LogP contribution >= 0.6 is 11.8 Å². The van der Waals surface area contributed by atoms with Crippen LogP contribution in [0.15, 0.2) is 12.4 Å². The smallest absolute Gasteiger partial charge is 0.147 e. The largest absolute Gasteiger partial charge is 0.370 e. The second kappa shape index (κ2) is 8.64. The summed E-state index contributed by atoms with van der Waals surface area (Å²) < 4.78 is 6.23. The number of ether oxygens (including phenoxy) is 1. The Bertz CT molecular complexity index is 695. The molecule has 2 N–H and O–H groups in total. The molecule has 140 valence electrons. The minimum absolute atomic E-state index is 0.145. The van der Waals surface area contributed by atoms with E-state index in [-0.39, 0.29) is 12.2 Å². The summed E-state index contributed by atoms with van der Waals surface area (Å²) in [4.78, 5) is 17.7. The van der Waals surface area contributed by atoms with E-state index >= 15 is 0 Å². The Kier molecular flexibility index (Phi) is 6.26. The van der Waals surface area contributed by atoms with Crippen molar-refractivity contribution in [3.8, 4) is 0 Å². The van der Waals surface area contributed by atoms with Crippen LogP contribution in [0.4, 0.5) is 11.6 Å². The van der Waals surface area contributed by atoms with Crippen molar-refractivity contribution in [2.75, 3.05) is 35.2 Å². The predicted molar refractivity (Wildman–Crippen MR) is 106 cm³/mol. The highest BCUT2D eigenvalue weighted by Gasteiger charge is 2.23. The number of aryl methyl sites for hydroxylation is 4. The van der Waals surface area contributed by atoms with Crippen molar-refractivity contribution in [1.29, 1.82) is 0 Å². The van der Waals surface area contributed by atoms with E-state index in [1.165, 1.54) is 0 Å². The Morgan fingerprint density at radius 1 is 0.885 bits per heavy atom. The first-order valence-electron chi connectivity index (χ1n) is 8.82. The molecule has 0 spiro atoms. The molecule has 0 aromatic carbocycles. The molecule has 1 saturated heterocycles. The fraction of sp³-hybridized carbons (Fsp3) is 0.556. The second-order valence-electron chi connectivity index (χ2n) is 6.57. The van der Waals surface area contributed by atoms with E-state index in [1.807, 2.05) is 39.5 Å². The molecule has 2 atom stereocenters. The molecule has 3 heterocycles. The zero-order valence-electron chi connectivity index (χ0n) is 15.7. The van der Waals surface area contributed by atoms with Crippen molar-refractivity contribution in [3.63, 3.8) is 0 Å². The average molecular weight is 375 g/mol. The van der Waals surface area contributed by atoms with Crippen LogP contribution in [0.5, 0.6) is 0 Å². The first-order valence-corrected chi connectivity index (χ1v) is 9.98. The molecule has 1 fully saturated rings. The van der Waals surface area contributed by atoms with E-state index in [9.17, 15) is 0 Å². The van der Waals surface area contributed by atoms with Crippen molar-refractivity contribution in [2.24, 2.45) is 0 Å². The van der Waals surface area contributed by atoms with Crippen LogP contribution < -0.4 is 10.6 Å². The lowest BCUT2D eigenvalue weighted by Gasteiger charge is -2.30. The van der Waals surface area contributed by atoms with Crippen molar-refractivity contribution in [3.05, 3.63) is 35.2 Å². The van der Waals surface area contributed by atoms with Crippen LogP contribution in [0.3, 0.4) is 0 Å². The van der Waals surface area contributed by atoms with Gasteiger partial charge in [0, 0.05) is 37.0 Å². The summed E-state index contributed by atoms with van der Waals surface area (Å²) in [7, 11) is 0. The van der Waals surface area contributed by atoms with E-state index in [0.717, 1.165) is 59.0 Å². The third-order valence-electron chi connectivity index (χ3n) is 4.14. The zero-order chi connectivity index (χ0) is 18.5. The van der Waals surface area contributed by atoms with Gasteiger partial charge in [-0.2, -0.15) is 11.8 Å². The highest BCUT2D eigenvalue weighted by molar-refractivity contribution is 7.99. The fourth-order valence-electron chi connectivity index (χ4n) is 2.73. The lowest BCUT2D eigenvalue weighted by molar-refractivity contribution is 0.0225. The Morgan fingerprint density at radius 2 is 1.35 bits per heavy atom. The van der Waals surface area contributed by atoms with Gasteiger partial charge < -0.3 is 15.4 Å². The SMILES string of the molecule is Cc1cnc(C)c(NCC2CSCC(CNc3nc(C)cnc3C)O2)n1. The highest BCUT2D eigenvalue weighted by Crippen LogP contribution is 2.20. The molecule has 7 nitrogen and oxygen atoms in total. The minimum Gasteiger partial charge on any atom is -0.370 e. The third-order valence-corrected chi connectivity index (χ3v) is 5.35. The molecule has 0 saturated carbocycles. The Balaban J connectivity index is 1.51. The van der Waals surface area contributed by atoms with Crippen LogP contribution in [0.1, 0.15) is 22.8 Å². The molecule has 1 aliphatic rings. The summed E-state index contributed by atoms with van der Waals surface area (Å²) in [5.74, 6) is 3.63. The zero-order valence-corrected chi connectivity index (χ0v) is 16.6. The number of anilines is 2. The molecule has 2 unspecified atom stereocenters. The van der Waals surface area contributed by atoms with Gasteiger partial charge in [0.2, 0.25) is 0 Å². The fourth-order valence-corrected chi connectivity index (χ4v) is 3.78. The normalized spacial score (nSPS) is 20.0. The van der Waals surface area contributed by atoms with Crippen molar-refractivity contribution in [2.45, 2.75) is 39.9 Å². The van der Waals surface area contributed by atoms with Crippen LogP contribution in [-0.4, -0.2) is 56.7 Å². The van der Waals surface area contributed by atoms with E-state index in [1.54, 1.807) is 12.4 Å². The summed E-state index contributed by atoms with van der Waals surface area (Å²) in [5.41, 5.74) is 3.64. The van der Waals surface area contributed by atoms with Gasteiger partial charge in [0.15, 0.2) is 0 Å². The van der Waals surface area contributed by atoms with Crippen molar-refractivity contribution < 1.29 is 4.74 Å². The number of thioether (sulfide) groups is 1. The van der Waals surface area contributed by atoms with E-state index in [0.29, 0.717) is 0 Å². The van der Waals surface area contributed by atoms with Crippen LogP contribution in [0.2, 0.25) is 0 Å². The molecule has 3 rings (SSSR count). The molecule has 2 aromatic heterocycles. The molecule has 26 heavy (non-hydrogen) atoms. The van der Waals surface area contributed by atoms with Gasteiger partial charge in [0.05, 0.1) is 35.0 Å². The van der Waals surface area contributed by atoms with E-state index in [4.69, 9.17) is 4.74 Å². The number of hydrogen-bond donors (Lipinski definition) is 2. The van der Waals surface area contributed by atoms with Gasteiger partial charge in [-0.1, -0.05) is 0 Å². The molecule has 0 bridgehead atoms. The summed E-state index contributed by atoms with van der Waals surface area (Å²) >= 11 is 1.92. The van der Waals surface area contributed by atoms with Crippen molar-refractivity contribution in [1.82, 2.24) is 19.9 Å². The number of nitrogens with zero attached hydrogens (tertiary/aromatic N) is 4. The summed E-state index contributed by atoms with van der Waals surface area (Å²) in [5, 5.41) is 6.76. The second-order valence-corrected chi connectivity index (χ2v) is 7.65. The first-order chi connectivity index (χ1) is 12.5. The number of nitrogens with one attached hydrogen (secondary N) is 2. The van der Waals surface area contributed by atoms with Gasteiger partial charge in [-0.25, -0.2) is 9.97 Å². The first kappa shape index (κ1) is 18.8. The molecule has 0 aliphatic carbocycles. The number of hydrogen-bond acceptors (Lipinski definition) is 8. The lowest BCUT2D eigenvalue weighted by Crippen LogP contribution is -2.39. The standard InChI is InChI=1S/C18H26N6OS/c1-11-5-19-13(3)17(23-11)21-7-15-9-26-10-16(25-15)8-22-18-14(4)20-6-12(2)24-18/h5-6,15-16H,7-10H2,1-4H3,(H,21,23)(H,22,24). The summed E-state index contributed by atoms with van der Waals surface area (Å²) in [6.45, 7) is 9.27. The number of rotatable bonds is 6. The quantitative estimate of drug-likeness (QED) is 0.798. The van der Waals surface area contributed by atoms with Crippen molar-refractivity contribution >= 4 is 23.4 Å². The van der Waals surface area contributed by atoms with E-state index < -0.39 is 0 Å². The minimum atomic E-state index is 0.145. The van der Waals surface area contributed by atoms with Gasteiger partial charge in [-0.05, 0) is 27.7 Å². The topological polar surface area (TPSA) is 84.9 Å². The molecular weight excluding hydrogens is 348 g/mol. The monoisotopic (exact) mass is 374 g/mol. The van der Waals surface area contributed by atoms with Gasteiger partial charge in [0.1, 0.15) is 11.6 Å². The maximum atomic E-state index is 6.23. The maximum absolute atomic E-state index is 6.23. The van der Waals surface area contributed by atoms with Crippen LogP contribution in [0, 0.1) is 27.7 Å². The van der Waals surface area contributed by atoms with Gasteiger partial charge in [0.25, 0.3) is 0 Å². The molecule has 0 amide bonds. The predicted octanol–water partition coefficient (Wildman–Crippen LogP) is 2.52. The molecule has 8 heteroatoms. The Morgan fingerprint density at radius 3 is 1.81 bits per heavy atom. The van der Waals surface area contributed by atoms with Gasteiger partial charge in [-0.3, -0.25) is 9.97 Å². The van der Waals surface area contributed by atoms with Gasteiger partial charge >= 0.3 is 0 Å². The molecular formula is C18H26N6OS. The van der Waals surface area contributed by atoms with E-state index in [2.05, 4.69) is 30.6 Å². The molecule has 1 aliphatic heterocycles. The maximum Gasteiger partial charge on any atom is 0.147 e. The van der Waals surface area contributed by atoms with Crippen LogP contribution in [-0.2, 0) is 4.74 Å². The summed E-state index contributed by atoms with van der Waals surface area (Å²) in [6.07, 6.45) is 3.86. The third kappa shape index (κ3) is 5.04. The highest BCUT2D eigenvalue weighted by atomic mass is 32.2. The molecule has 2 aromatic rings. The Hall–Kier alpha value is -1.93. The average Bonchev–Trinajstić information content (AvgIpc) is 2.63. The summed E-state index contributed by atoms with van der Waals surface area (Å²) in [6, 6.07) is 0. The number of aromatic nitrogens is 4. The molecule has 0 radical (unpaired) electrons.